The van der Waals surface area contributed by atoms with Crippen molar-refractivity contribution in [2.45, 2.75) is 19.5 Å². The van der Waals surface area contributed by atoms with Crippen LogP contribution in [0.4, 0.5) is 5.69 Å². The zero-order chi connectivity index (χ0) is 25.8. The second kappa shape index (κ2) is 9.26. The van der Waals surface area contributed by atoms with E-state index in [9.17, 15) is 5.11 Å². The SMILES string of the molecule is COc1cc(CN2CCN(c3ccccc3Cl)CC2)c2cc3[n+](cc2c1O)CCc1cc2c(cc1-3)OCO2. The zero-order valence-corrected chi connectivity index (χ0v) is 22.0. The minimum absolute atomic E-state index is 0.182. The number of pyridine rings is 1. The third-order valence-corrected chi connectivity index (χ3v) is 8.30. The number of nitrogens with zero attached hydrogens (tertiary/aromatic N) is 3. The number of hydrogen-bond donors (Lipinski definition) is 1. The Labute approximate surface area is 226 Å². The number of fused-ring (bicyclic) bond motifs is 5. The fourth-order valence-electron chi connectivity index (χ4n) is 5.95. The van der Waals surface area contributed by atoms with Gasteiger partial charge in [0.05, 0.1) is 28.8 Å². The molecule has 0 atom stereocenters. The summed E-state index contributed by atoms with van der Waals surface area (Å²) in [6.07, 6.45) is 2.96. The van der Waals surface area contributed by atoms with Gasteiger partial charge in [-0.15, -0.1) is 0 Å². The van der Waals surface area contributed by atoms with Crippen LogP contribution in [0.2, 0.25) is 5.02 Å². The number of piperazine rings is 1. The van der Waals surface area contributed by atoms with Crippen LogP contribution in [-0.4, -0.2) is 50.1 Å². The number of anilines is 1. The fourth-order valence-corrected chi connectivity index (χ4v) is 6.21. The molecule has 0 amide bonds. The molecule has 8 heteroatoms. The van der Waals surface area contributed by atoms with Crippen molar-refractivity contribution in [3.05, 3.63) is 70.9 Å². The van der Waals surface area contributed by atoms with Gasteiger partial charge in [0.15, 0.2) is 35.7 Å². The molecule has 0 unspecified atom stereocenters. The van der Waals surface area contributed by atoms with E-state index in [0.717, 1.165) is 95.5 Å². The zero-order valence-electron chi connectivity index (χ0n) is 21.2. The van der Waals surface area contributed by atoms with Crippen LogP contribution >= 0.6 is 11.6 Å². The van der Waals surface area contributed by atoms with E-state index in [1.807, 2.05) is 24.3 Å². The lowest BCUT2D eigenvalue weighted by atomic mass is 9.94. The molecule has 1 saturated heterocycles. The fraction of sp³-hybridized carbons (Fsp3) is 0.300. The molecule has 3 aliphatic heterocycles. The molecule has 1 aromatic heterocycles. The third kappa shape index (κ3) is 3.89. The van der Waals surface area contributed by atoms with E-state index in [1.54, 1.807) is 7.11 Å². The highest BCUT2D eigenvalue weighted by Gasteiger charge is 2.30. The van der Waals surface area contributed by atoms with Crippen LogP contribution in [0.15, 0.2) is 54.7 Å². The first-order valence-electron chi connectivity index (χ1n) is 13.0. The largest absolute Gasteiger partial charge is 0.504 e. The Bertz CT molecular complexity index is 1570. The molecule has 0 radical (unpaired) electrons. The molecule has 7 rings (SSSR count). The number of aryl methyl sites for hydroxylation is 2. The number of aromatic nitrogens is 1. The summed E-state index contributed by atoms with van der Waals surface area (Å²) in [5, 5.41) is 13.7. The van der Waals surface area contributed by atoms with Crippen LogP contribution in [0.3, 0.4) is 0 Å². The number of benzene rings is 3. The van der Waals surface area contributed by atoms with Crippen molar-refractivity contribution in [3.8, 4) is 34.3 Å². The number of phenols is 1. The van der Waals surface area contributed by atoms with Gasteiger partial charge in [-0.3, -0.25) is 4.90 Å². The van der Waals surface area contributed by atoms with Crippen molar-refractivity contribution in [3.63, 3.8) is 0 Å². The number of halogens is 1. The Balaban J connectivity index is 1.24. The molecular weight excluding hydrogens is 502 g/mol. The van der Waals surface area contributed by atoms with Gasteiger partial charge in [0.1, 0.15) is 0 Å². The minimum Gasteiger partial charge on any atom is -0.504 e. The van der Waals surface area contributed by atoms with Gasteiger partial charge in [-0.05, 0) is 41.5 Å². The first-order chi connectivity index (χ1) is 18.6. The van der Waals surface area contributed by atoms with E-state index in [4.69, 9.17) is 25.8 Å². The van der Waals surface area contributed by atoms with Crippen LogP contribution in [0.1, 0.15) is 11.1 Å². The van der Waals surface area contributed by atoms with E-state index in [2.05, 4.69) is 44.8 Å². The maximum atomic E-state index is 11.1. The van der Waals surface area contributed by atoms with Gasteiger partial charge in [-0.1, -0.05) is 23.7 Å². The molecule has 4 aromatic rings. The van der Waals surface area contributed by atoms with Gasteiger partial charge < -0.3 is 24.2 Å². The first kappa shape index (κ1) is 23.4. The van der Waals surface area contributed by atoms with Crippen LogP contribution in [-0.2, 0) is 19.5 Å². The normalized spacial score (nSPS) is 16.4. The molecular formula is C30H29ClN3O4+. The molecule has 0 saturated carbocycles. The highest BCUT2D eigenvalue weighted by molar-refractivity contribution is 6.33. The number of rotatable bonds is 4. The van der Waals surface area contributed by atoms with Crippen LogP contribution in [0, 0.1) is 0 Å². The summed E-state index contributed by atoms with van der Waals surface area (Å²) in [6.45, 7) is 5.50. The Morgan fingerprint density at radius 1 is 1.00 bits per heavy atom. The maximum absolute atomic E-state index is 11.1. The summed E-state index contributed by atoms with van der Waals surface area (Å²) in [4.78, 5) is 4.81. The second-order valence-corrected chi connectivity index (χ2v) is 10.5. The summed E-state index contributed by atoms with van der Waals surface area (Å²) < 4.78 is 19.1. The van der Waals surface area contributed by atoms with Gasteiger partial charge >= 0.3 is 0 Å². The smallest absolute Gasteiger partial charge is 0.231 e. The highest BCUT2D eigenvalue weighted by atomic mass is 35.5. The lowest BCUT2D eigenvalue weighted by molar-refractivity contribution is -0.686. The number of methoxy groups -OCH3 is 1. The molecule has 0 bridgehead atoms. The summed E-state index contributed by atoms with van der Waals surface area (Å²) in [6, 6.07) is 16.4. The molecule has 194 valence electrons. The molecule has 0 spiro atoms. The predicted octanol–water partition coefficient (Wildman–Crippen LogP) is 4.77. The monoisotopic (exact) mass is 530 g/mol. The molecule has 38 heavy (non-hydrogen) atoms. The van der Waals surface area contributed by atoms with E-state index < -0.39 is 0 Å². The maximum Gasteiger partial charge on any atom is 0.231 e. The van der Waals surface area contributed by atoms with Crippen LogP contribution in [0.25, 0.3) is 22.0 Å². The van der Waals surface area contributed by atoms with Crippen molar-refractivity contribution < 1.29 is 23.9 Å². The number of hydrogen-bond acceptors (Lipinski definition) is 6. The lowest BCUT2D eigenvalue weighted by Crippen LogP contribution is -2.46. The van der Waals surface area contributed by atoms with Gasteiger partial charge in [-0.25, -0.2) is 0 Å². The quantitative estimate of drug-likeness (QED) is 0.384. The Morgan fingerprint density at radius 2 is 1.79 bits per heavy atom. The van der Waals surface area contributed by atoms with Crippen LogP contribution in [0.5, 0.6) is 23.0 Å². The van der Waals surface area contributed by atoms with Crippen molar-refractivity contribution in [2.75, 3.05) is 45.0 Å². The summed E-state index contributed by atoms with van der Waals surface area (Å²) in [5.41, 5.74) is 5.75. The van der Waals surface area contributed by atoms with Gasteiger partial charge in [0.2, 0.25) is 12.5 Å². The molecule has 1 fully saturated rings. The number of ether oxygens (including phenoxy) is 3. The minimum atomic E-state index is 0.182. The van der Waals surface area contributed by atoms with E-state index in [1.165, 1.54) is 5.56 Å². The molecule has 1 N–H and O–H groups in total. The molecule has 0 aliphatic carbocycles. The van der Waals surface area contributed by atoms with Crippen molar-refractivity contribution in [1.82, 2.24) is 4.90 Å². The van der Waals surface area contributed by atoms with Gasteiger partial charge in [-0.2, -0.15) is 4.57 Å². The summed E-state index contributed by atoms with van der Waals surface area (Å²) in [7, 11) is 1.61. The Hall–Kier alpha value is -3.68. The molecule has 3 aliphatic rings. The van der Waals surface area contributed by atoms with Crippen molar-refractivity contribution in [2.24, 2.45) is 0 Å². The topological polar surface area (TPSA) is 58.3 Å². The Kier molecular flexibility index (Phi) is 5.71. The van der Waals surface area contributed by atoms with E-state index >= 15 is 0 Å². The second-order valence-electron chi connectivity index (χ2n) is 10.1. The summed E-state index contributed by atoms with van der Waals surface area (Å²) >= 11 is 6.45. The third-order valence-electron chi connectivity index (χ3n) is 7.98. The molecule has 4 heterocycles. The Morgan fingerprint density at radius 3 is 2.58 bits per heavy atom. The van der Waals surface area contributed by atoms with E-state index in [-0.39, 0.29) is 12.5 Å². The molecule has 7 nitrogen and oxygen atoms in total. The lowest BCUT2D eigenvalue weighted by Gasteiger charge is -2.36. The van der Waals surface area contributed by atoms with Crippen LogP contribution < -0.4 is 23.7 Å². The average Bonchev–Trinajstić information content (AvgIpc) is 3.41. The van der Waals surface area contributed by atoms with Crippen molar-refractivity contribution >= 4 is 28.1 Å². The highest BCUT2D eigenvalue weighted by Crippen LogP contribution is 2.42. The number of para-hydroxylation sites is 1. The number of aromatic hydroxyl groups is 1. The number of phenolic OH excluding ortho intramolecular Hbond substituents is 1. The predicted molar refractivity (Wildman–Crippen MR) is 147 cm³/mol. The first-order valence-corrected chi connectivity index (χ1v) is 13.4. The van der Waals surface area contributed by atoms with Crippen molar-refractivity contribution in [1.29, 1.82) is 0 Å². The average molecular weight is 531 g/mol. The summed E-state index contributed by atoms with van der Waals surface area (Å²) in [5.74, 6) is 2.28. The molecule has 3 aromatic carbocycles. The van der Waals surface area contributed by atoms with Gasteiger partial charge in [0.25, 0.3) is 0 Å². The van der Waals surface area contributed by atoms with Gasteiger partial charge in [0, 0.05) is 50.6 Å². The standard InChI is InChI=1S/C30H28ClN3O4/c1-36-29-13-20(16-32-8-10-33(11-9-32)25-5-3-2-4-24(25)31)21-14-26-22-15-28-27(37-18-38-28)12-19(22)6-7-34(26)17-23(21)30(29)35/h2-5,12-15,17H,6-11,16,18H2,1H3/p+1. The van der Waals surface area contributed by atoms with E-state index in [0.29, 0.717) is 5.75 Å².